The summed E-state index contributed by atoms with van der Waals surface area (Å²) in [6.07, 6.45) is 1.79. The number of nitriles is 1. The molecular formula is C15H14N2O2S. The zero-order valence-electron chi connectivity index (χ0n) is 11.5. The summed E-state index contributed by atoms with van der Waals surface area (Å²) in [5.41, 5.74) is 2.32. The highest BCUT2D eigenvalue weighted by Crippen LogP contribution is 2.29. The number of rotatable bonds is 4. The molecule has 4 nitrogen and oxygen atoms in total. The first-order valence-corrected chi connectivity index (χ1v) is 6.82. The Balaban J connectivity index is 2.40. The zero-order chi connectivity index (χ0) is 14.5. The van der Waals surface area contributed by atoms with Gasteiger partial charge in [0.15, 0.2) is 11.5 Å². The molecule has 20 heavy (non-hydrogen) atoms. The van der Waals surface area contributed by atoms with Gasteiger partial charge in [-0.1, -0.05) is 6.07 Å². The van der Waals surface area contributed by atoms with Crippen molar-refractivity contribution in [1.82, 2.24) is 4.98 Å². The van der Waals surface area contributed by atoms with Gasteiger partial charge in [0.1, 0.15) is 11.1 Å². The Morgan fingerprint density at radius 3 is 2.60 bits per heavy atom. The number of aryl methyl sites for hydroxylation is 1. The Labute approximate surface area is 121 Å². The molecule has 102 valence electrons. The number of ether oxygens (including phenoxy) is 2. The van der Waals surface area contributed by atoms with Gasteiger partial charge in [0.05, 0.1) is 19.8 Å². The molecule has 0 fully saturated rings. The van der Waals surface area contributed by atoms with Gasteiger partial charge in [0.25, 0.3) is 0 Å². The van der Waals surface area contributed by atoms with Crippen molar-refractivity contribution in [2.24, 2.45) is 0 Å². The van der Waals surface area contributed by atoms with E-state index in [1.807, 2.05) is 30.5 Å². The molecule has 0 radical (unpaired) electrons. The van der Waals surface area contributed by atoms with E-state index in [2.05, 4.69) is 11.1 Å². The molecule has 0 atom stereocenters. The summed E-state index contributed by atoms with van der Waals surface area (Å²) in [6.45, 7) is 1.91. The summed E-state index contributed by atoms with van der Waals surface area (Å²) in [5.74, 6) is 1.29. The van der Waals surface area contributed by atoms with Crippen molar-refractivity contribution in [3.05, 3.63) is 39.8 Å². The van der Waals surface area contributed by atoms with Crippen LogP contribution in [0.5, 0.6) is 11.5 Å². The minimum Gasteiger partial charge on any atom is -0.493 e. The van der Waals surface area contributed by atoms with Crippen molar-refractivity contribution < 1.29 is 9.47 Å². The Kier molecular flexibility index (Phi) is 4.38. The lowest BCUT2D eigenvalue weighted by atomic mass is 10.1. The third-order valence-corrected chi connectivity index (χ3v) is 3.68. The van der Waals surface area contributed by atoms with Gasteiger partial charge >= 0.3 is 0 Å². The summed E-state index contributed by atoms with van der Waals surface area (Å²) >= 11 is 1.46. The highest BCUT2D eigenvalue weighted by Gasteiger charge is 2.08. The molecule has 2 aromatic rings. The minimum absolute atomic E-state index is 0.537. The van der Waals surface area contributed by atoms with Gasteiger partial charge in [0, 0.05) is 11.1 Å². The first kappa shape index (κ1) is 14.1. The second-order valence-electron chi connectivity index (χ2n) is 4.08. The maximum Gasteiger partial charge on any atom is 0.161 e. The van der Waals surface area contributed by atoms with Crippen LogP contribution >= 0.6 is 11.3 Å². The topological polar surface area (TPSA) is 55.1 Å². The third kappa shape index (κ3) is 2.98. The lowest BCUT2D eigenvalue weighted by Crippen LogP contribution is -1.90. The van der Waals surface area contributed by atoms with Crippen molar-refractivity contribution >= 4 is 23.0 Å². The highest BCUT2D eigenvalue weighted by atomic mass is 32.1. The molecule has 5 heteroatoms. The van der Waals surface area contributed by atoms with Crippen LogP contribution in [-0.2, 0) is 0 Å². The van der Waals surface area contributed by atoms with E-state index in [9.17, 15) is 5.26 Å². The van der Waals surface area contributed by atoms with E-state index in [4.69, 9.17) is 9.47 Å². The minimum atomic E-state index is 0.537. The number of methoxy groups -OCH3 is 2. The van der Waals surface area contributed by atoms with E-state index in [1.165, 1.54) is 11.3 Å². The lowest BCUT2D eigenvalue weighted by Gasteiger charge is -2.07. The predicted molar refractivity (Wildman–Crippen MR) is 79.9 cm³/mol. The molecule has 1 heterocycles. The monoisotopic (exact) mass is 286 g/mol. The van der Waals surface area contributed by atoms with E-state index in [1.54, 1.807) is 20.3 Å². The van der Waals surface area contributed by atoms with Gasteiger partial charge in [-0.2, -0.15) is 5.26 Å². The molecule has 0 amide bonds. The number of hydrogen-bond donors (Lipinski definition) is 0. The molecule has 0 N–H and O–H groups in total. The number of hydrogen-bond acceptors (Lipinski definition) is 5. The fraction of sp³-hybridized carbons (Fsp3) is 0.200. The number of benzene rings is 1. The van der Waals surface area contributed by atoms with E-state index in [0.29, 0.717) is 17.1 Å². The van der Waals surface area contributed by atoms with E-state index in [-0.39, 0.29) is 0 Å². The van der Waals surface area contributed by atoms with Crippen LogP contribution in [-0.4, -0.2) is 19.2 Å². The molecule has 0 aliphatic rings. The lowest BCUT2D eigenvalue weighted by molar-refractivity contribution is 0.355. The summed E-state index contributed by atoms with van der Waals surface area (Å²) in [7, 11) is 3.17. The van der Waals surface area contributed by atoms with Crippen molar-refractivity contribution in [3.63, 3.8) is 0 Å². The van der Waals surface area contributed by atoms with Crippen molar-refractivity contribution in [1.29, 1.82) is 5.26 Å². The molecule has 0 spiro atoms. The Morgan fingerprint density at radius 2 is 2.05 bits per heavy atom. The molecule has 1 aromatic heterocycles. The van der Waals surface area contributed by atoms with Crippen LogP contribution in [0.25, 0.3) is 11.6 Å². The van der Waals surface area contributed by atoms with Crippen molar-refractivity contribution in [2.75, 3.05) is 14.2 Å². The molecule has 0 saturated carbocycles. The summed E-state index contributed by atoms with van der Waals surface area (Å²) < 4.78 is 10.4. The fourth-order valence-electron chi connectivity index (χ4n) is 1.73. The molecular weight excluding hydrogens is 272 g/mol. The Bertz CT molecular complexity index is 683. The maximum atomic E-state index is 9.27. The van der Waals surface area contributed by atoms with Crippen LogP contribution in [0.2, 0.25) is 0 Å². The molecule has 2 rings (SSSR count). The van der Waals surface area contributed by atoms with E-state index >= 15 is 0 Å². The SMILES string of the molecule is COc1ccc(/C=C(\C#N)c2nc(C)cs2)cc1OC. The number of nitrogens with zero attached hydrogens (tertiary/aromatic N) is 2. The van der Waals surface area contributed by atoms with Gasteiger partial charge in [-0.3, -0.25) is 0 Å². The summed E-state index contributed by atoms with van der Waals surface area (Å²) in [4.78, 5) is 4.33. The third-order valence-electron chi connectivity index (χ3n) is 2.69. The Morgan fingerprint density at radius 1 is 1.30 bits per heavy atom. The molecule has 0 aliphatic carbocycles. The second-order valence-corrected chi connectivity index (χ2v) is 4.94. The van der Waals surface area contributed by atoms with Gasteiger partial charge < -0.3 is 9.47 Å². The number of aromatic nitrogens is 1. The van der Waals surface area contributed by atoms with Gasteiger partial charge in [-0.05, 0) is 30.7 Å². The van der Waals surface area contributed by atoms with Crippen LogP contribution in [0.15, 0.2) is 23.6 Å². The number of thiazole rings is 1. The van der Waals surface area contributed by atoms with Gasteiger partial charge in [-0.25, -0.2) is 4.98 Å². The molecule has 1 aromatic carbocycles. The number of allylic oxidation sites excluding steroid dienone is 1. The normalized spacial score (nSPS) is 11.0. The molecule has 0 aliphatic heterocycles. The van der Waals surface area contributed by atoms with Crippen LogP contribution in [0.3, 0.4) is 0 Å². The first-order chi connectivity index (χ1) is 9.67. The maximum absolute atomic E-state index is 9.27. The molecule has 0 bridgehead atoms. The largest absolute Gasteiger partial charge is 0.493 e. The van der Waals surface area contributed by atoms with Crippen molar-refractivity contribution in [2.45, 2.75) is 6.92 Å². The van der Waals surface area contributed by atoms with Crippen LogP contribution in [0.1, 0.15) is 16.3 Å². The van der Waals surface area contributed by atoms with Crippen molar-refractivity contribution in [3.8, 4) is 17.6 Å². The highest BCUT2D eigenvalue weighted by molar-refractivity contribution is 7.11. The summed E-state index contributed by atoms with van der Waals surface area (Å²) in [5, 5.41) is 11.9. The van der Waals surface area contributed by atoms with E-state index in [0.717, 1.165) is 16.3 Å². The average Bonchev–Trinajstić information content (AvgIpc) is 2.90. The quantitative estimate of drug-likeness (QED) is 0.807. The van der Waals surface area contributed by atoms with Gasteiger partial charge in [-0.15, -0.1) is 11.3 Å². The standard InChI is InChI=1S/C15H14N2O2S/c1-10-9-20-15(17-10)12(8-16)6-11-4-5-13(18-2)14(7-11)19-3/h4-7,9H,1-3H3/b12-6+. The van der Waals surface area contributed by atoms with Crippen LogP contribution in [0.4, 0.5) is 0 Å². The van der Waals surface area contributed by atoms with E-state index < -0.39 is 0 Å². The van der Waals surface area contributed by atoms with Crippen LogP contribution in [0, 0.1) is 18.3 Å². The zero-order valence-corrected chi connectivity index (χ0v) is 12.3. The predicted octanol–water partition coefficient (Wildman–Crippen LogP) is 3.53. The van der Waals surface area contributed by atoms with Gasteiger partial charge in [0.2, 0.25) is 0 Å². The summed E-state index contributed by atoms with van der Waals surface area (Å²) in [6, 6.07) is 7.70. The average molecular weight is 286 g/mol. The van der Waals surface area contributed by atoms with Crippen LogP contribution < -0.4 is 9.47 Å². The Hall–Kier alpha value is -2.32. The fourth-order valence-corrected chi connectivity index (χ4v) is 2.49. The second kappa shape index (κ2) is 6.22. The molecule has 0 saturated heterocycles. The first-order valence-electron chi connectivity index (χ1n) is 5.94. The smallest absolute Gasteiger partial charge is 0.161 e. The molecule has 0 unspecified atom stereocenters.